The zero-order valence-electron chi connectivity index (χ0n) is 15.9. The lowest BCUT2D eigenvalue weighted by Crippen LogP contribution is -2.40. The fourth-order valence-corrected chi connectivity index (χ4v) is 4.80. The van der Waals surface area contributed by atoms with Crippen LogP contribution < -0.4 is 5.32 Å². The molecule has 150 valence electrons. The van der Waals surface area contributed by atoms with Gasteiger partial charge in [-0.2, -0.15) is 4.31 Å². The molecule has 0 atom stereocenters. The molecule has 0 bridgehead atoms. The van der Waals surface area contributed by atoms with Crippen LogP contribution in [0.3, 0.4) is 0 Å². The third-order valence-corrected chi connectivity index (χ3v) is 6.86. The molecule has 1 N–H and O–H groups in total. The summed E-state index contributed by atoms with van der Waals surface area (Å²) in [5.74, 6) is -0.169. The molecule has 0 amide bonds. The lowest BCUT2D eigenvalue weighted by atomic mass is 10.1. The first-order valence-corrected chi connectivity index (χ1v) is 10.9. The van der Waals surface area contributed by atoms with E-state index in [1.807, 2.05) is 42.5 Å². The zero-order chi connectivity index (χ0) is 20.3. The molecule has 0 unspecified atom stereocenters. The predicted molar refractivity (Wildman–Crippen MR) is 113 cm³/mol. The van der Waals surface area contributed by atoms with Gasteiger partial charge in [-0.3, -0.25) is 4.79 Å². The van der Waals surface area contributed by atoms with Crippen LogP contribution >= 0.6 is 0 Å². The topological polar surface area (TPSA) is 75.7 Å². The lowest BCUT2D eigenvalue weighted by Gasteiger charge is -2.26. The van der Waals surface area contributed by atoms with E-state index in [1.165, 1.54) is 16.4 Å². The largest absolute Gasteiger partial charge is 0.379 e. The normalized spacial score (nSPS) is 15.3. The van der Waals surface area contributed by atoms with Crippen molar-refractivity contribution in [2.45, 2.75) is 4.90 Å². The highest BCUT2D eigenvalue weighted by molar-refractivity contribution is 7.89. The van der Waals surface area contributed by atoms with Gasteiger partial charge in [-0.05, 0) is 35.0 Å². The molecule has 0 radical (unpaired) electrons. The van der Waals surface area contributed by atoms with Crippen molar-refractivity contribution in [2.24, 2.45) is 0 Å². The first-order chi connectivity index (χ1) is 14.0. The molecule has 1 heterocycles. The van der Waals surface area contributed by atoms with Crippen molar-refractivity contribution >= 4 is 32.3 Å². The molecule has 0 aromatic heterocycles. The number of Topliss-reactive ketones (excluding diaryl/α,β-unsaturated/α-hetero) is 1. The van der Waals surface area contributed by atoms with E-state index in [0.717, 1.165) is 16.5 Å². The summed E-state index contributed by atoms with van der Waals surface area (Å²) in [5, 5.41) is 5.35. The second kappa shape index (κ2) is 8.32. The summed E-state index contributed by atoms with van der Waals surface area (Å²) in [6.07, 6.45) is 0. The number of ketones is 1. The zero-order valence-corrected chi connectivity index (χ0v) is 16.7. The Morgan fingerprint density at radius 3 is 2.48 bits per heavy atom. The van der Waals surface area contributed by atoms with Crippen LogP contribution in [0.15, 0.2) is 71.6 Å². The van der Waals surface area contributed by atoms with Crippen molar-refractivity contribution in [3.8, 4) is 0 Å². The van der Waals surface area contributed by atoms with E-state index in [1.54, 1.807) is 12.1 Å². The number of fused-ring (bicyclic) bond motifs is 1. The van der Waals surface area contributed by atoms with Crippen LogP contribution in [0.4, 0.5) is 5.69 Å². The number of sulfonamides is 1. The van der Waals surface area contributed by atoms with E-state index in [4.69, 9.17) is 4.74 Å². The Morgan fingerprint density at radius 2 is 1.69 bits per heavy atom. The Morgan fingerprint density at radius 1 is 0.931 bits per heavy atom. The van der Waals surface area contributed by atoms with E-state index in [2.05, 4.69) is 5.32 Å². The Bertz CT molecular complexity index is 1140. The molecule has 3 aromatic rings. The quantitative estimate of drug-likeness (QED) is 0.632. The molecule has 0 spiro atoms. The van der Waals surface area contributed by atoms with Crippen molar-refractivity contribution < 1.29 is 17.9 Å². The Balaban J connectivity index is 1.48. The Hall–Kier alpha value is -2.74. The van der Waals surface area contributed by atoms with E-state index >= 15 is 0 Å². The van der Waals surface area contributed by atoms with Crippen LogP contribution in [-0.2, 0) is 14.8 Å². The molecule has 3 aromatic carbocycles. The average molecular weight is 410 g/mol. The maximum absolute atomic E-state index is 12.8. The van der Waals surface area contributed by atoms with Crippen LogP contribution in [0.1, 0.15) is 10.4 Å². The smallest absolute Gasteiger partial charge is 0.243 e. The lowest BCUT2D eigenvalue weighted by molar-refractivity contribution is 0.0730. The Kier molecular flexibility index (Phi) is 5.62. The number of benzene rings is 3. The fraction of sp³-hybridized carbons (Fsp3) is 0.227. The van der Waals surface area contributed by atoms with E-state index in [-0.39, 0.29) is 17.2 Å². The number of hydrogen-bond acceptors (Lipinski definition) is 5. The molecule has 6 nitrogen and oxygen atoms in total. The van der Waals surface area contributed by atoms with Gasteiger partial charge in [0.2, 0.25) is 10.0 Å². The van der Waals surface area contributed by atoms with Crippen LogP contribution in [0, 0.1) is 0 Å². The number of nitrogens with zero attached hydrogens (tertiary/aromatic N) is 1. The molecule has 0 aliphatic carbocycles. The predicted octanol–water partition coefficient (Wildman–Crippen LogP) is 3.16. The number of rotatable bonds is 6. The van der Waals surface area contributed by atoms with Crippen molar-refractivity contribution in [1.82, 2.24) is 4.31 Å². The van der Waals surface area contributed by atoms with Gasteiger partial charge in [0, 0.05) is 24.3 Å². The third-order valence-electron chi connectivity index (χ3n) is 4.97. The maximum atomic E-state index is 12.8. The molecule has 1 saturated heterocycles. The first-order valence-electron chi connectivity index (χ1n) is 9.48. The number of nitrogens with one attached hydrogen (secondary N) is 1. The molecular formula is C22H22N2O4S. The minimum atomic E-state index is -3.63. The number of morpholine rings is 1. The summed E-state index contributed by atoms with van der Waals surface area (Å²) < 4.78 is 32.2. The fourth-order valence-electron chi connectivity index (χ4n) is 3.35. The van der Waals surface area contributed by atoms with Gasteiger partial charge >= 0.3 is 0 Å². The number of anilines is 1. The van der Waals surface area contributed by atoms with Gasteiger partial charge in [0.05, 0.1) is 24.7 Å². The highest BCUT2D eigenvalue weighted by atomic mass is 32.2. The Labute approximate surface area is 170 Å². The minimum Gasteiger partial charge on any atom is -0.379 e. The maximum Gasteiger partial charge on any atom is 0.243 e. The SMILES string of the molecule is O=C(CNc1ccc2ccccc2c1)c1cccc(S(=O)(=O)N2CCOCC2)c1. The summed E-state index contributed by atoms with van der Waals surface area (Å²) in [4.78, 5) is 12.8. The number of carbonyl (C=O) groups excluding carboxylic acids is 1. The van der Waals surface area contributed by atoms with Gasteiger partial charge < -0.3 is 10.1 Å². The van der Waals surface area contributed by atoms with E-state index in [0.29, 0.717) is 31.9 Å². The van der Waals surface area contributed by atoms with Crippen molar-refractivity contribution in [3.05, 3.63) is 72.3 Å². The summed E-state index contributed by atoms with van der Waals surface area (Å²) in [6.45, 7) is 1.49. The summed E-state index contributed by atoms with van der Waals surface area (Å²) >= 11 is 0. The molecule has 29 heavy (non-hydrogen) atoms. The van der Waals surface area contributed by atoms with Gasteiger partial charge in [0.25, 0.3) is 0 Å². The molecule has 0 saturated carbocycles. The summed E-state index contributed by atoms with van der Waals surface area (Å²) in [7, 11) is -3.63. The second-order valence-electron chi connectivity index (χ2n) is 6.88. The van der Waals surface area contributed by atoms with Crippen molar-refractivity contribution in [2.75, 3.05) is 38.2 Å². The van der Waals surface area contributed by atoms with Crippen LogP contribution in [0.5, 0.6) is 0 Å². The van der Waals surface area contributed by atoms with Gasteiger partial charge in [-0.15, -0.1) is 0 Å². The molecule has 1 aliphatic heterocycles. The summed E-state index contributed by atoms with van der Waals surface area (Å²) in [6, 6.07) is 20.1. The van der Waals surface area contributed by atoms with E-state index < -0.39 is 10.0 Å². The highest BCUT2D eigenvalue weighted by Crippen LogP contribution is 2.20. The van der Waals surface area contributed by atoms with E-state index in [9.17, 15) is 13.2 Å². The number of ether oxygens (including phenoxy) is 1. The molecule has 1 fully saturated rings. The third kappa shape index (κ3) is 4.32. The molecule has 4 rings (SSSR count). The molecule has 1 aliphatic rings. The minimum absolute atomic E-state index is 0.0827. The molecular weight excluding hydrogens is 388 g/mol. The van der Waals surface area contributed by atoms with Gasteiger partial charge in [0.1, 0.15) is 0 Å². The van der Waals surface area contributed by atoms with Crippen LogP contribution in [0.2, 0.25) is 0 Å². The summed E-state index contributed by atoms with van der Waals surface area (Å²) in [5.41, 5.74) is 1.21. The highest BCUT2D eigenvalue weighted by Gasteiger charge is 2.26. The van der Waals surface area contributed by atoms with Crippen LogP contribution in [0.25, 0.3) is 10.8 Å². The van der Waals surface area contributed by atoms with Crippen LogP contribution in [-0.4, -0.2) is 51.4 Å². The van der Waals surface area contributed by atoms with Gasteiger partial charge in [-0.1, -0.05) is 42.5 Å². The average Bonchev–Trinajstić information content (AvgIpc) is 2.78. The molecule has 7 heteroatoms. The van der Waals surface area contributed by atoms with Gasteiger partial charge in [-0.25, -0.2) is 8.42 Å². The first kappa shape index (κ1) is 19.6. The van der Waals surface area contributed by atoms with Crippen molar-refractivity contribution in [1.29, 1.82) is 0 Å². The van der Waals surface area contributed by atoms with Crippen molar-refractivity contribution in [3.63, 3.8) is 0 Å². The number of hydrogen-bond donors (Lipinski definition) is 1. The monoisotopic (exact) mass is 410 g/mol. The standard InChI is InChI=1S/C22H22N2O4S/c25-22(16-23-20-9-8-17-4-1-2-5-18(17)14-20)19-6-3-7-21(15-19)29(26,27)24-10-12-28-13-11-24/h1-9,14-15,23H,10-13,16H2. The second-order valence-corrected chi connectivity index (χ2v) is 8.82. The van der Waals surface area contributed by atoms with Gasteiger partial charge in [0.15, 0.2) is 5.78 Å². The number of carbonyl (C=O) groups is 1.